The van der Waals surface area contributed by atoms with E-state index in [1.165, 1.54) is 19.3 Å². The fraction of sp³-hybridized carbons (Fsp3) is 1.00. The van der Waals surface area contributed by atoms with Crippen LogP contribution in [0.2, 0.25) is 0 Å². The van der Waals surface area contributed by atoms with Gasteiger partial charge in [-0.2, -0.15) is 0 Å². The van der Waals surface area contributed by atoms with Gasteiger partial charge in [0.15, 0.2) is 0 Å². The van der Waals surface area contributed by atoms with E-state index in [4.69, 9.17) is 10.2 Å². The minimum Gasteiger partial charge on any atom is -0.394 e. The lowest BCUT2D eigenvalue weighted by molar-refractivity contribution is 0.0725. The molecule has 0 radical (unpaired) electrons. The highest BCUT2D eigenvalue weighted by atomic mass is 16.3. The molecule has 3 heteroatoms. The van der Waals surface area contributed by atoms with Gasteiger partial charge in [0.2, 0.25) is 0 Å². The lowest BCUT2D eigenvalue weighted by Gasteiger charge is -2.42. The van der Waals surface area contributed by atoms with Crippen molar-refractivity contribution in [3.8, 4) is 0 Å². The largest absolute Gasteiger partial charge is 0.394 e. The highest BCUT2D eigenvalue weighted by molar-refractivity contribution is 4.94. The molecule has 1 saturated carbocycles. The predicted molar refractivity (Wildman–Crippen MR) is 48.0 cm³/mol. The number of nitrogens with one attached hydrogen (secondary N) is 1. The maximum atomic E-state index is 9.12. The first-order chi connectivity index (χ1) is 5.72. The topological polar surface area (TPSA) is 52.5 Å². The fourth-order valence-corrected chi connectivity index (χ4v) is 1.66. The second-order valence-electron chi connectivity index (χ2n) is 3.70. The summed E-state index contributed by atoms with van der Waals surface area (Å²) in [6.07, 6.45) is 4.22. The first-order valence-corrected chi connectivity index (χ1v) is 4.76. The van der Waals surface area contributed by atoms with Gasteiger partial charge in [0.1, 0.15) is 0 Å². The first-order valence-electron chi connectivity index (χ1n) is 4.76. The Morgan fingerprint density at radius 3 is 2.50 bits per heavy atom. The molecule has 1 aliphatic rings. The van der Waals surface area contributed by atoms with Crippen LogP contribution in [0.4, 0.5) is 0 Å². The van der Waals surface area contributed by atoms with Crippen molar-refractivity contribution in [2.45, 2.75) is 44.2 Å². The molecule has 0 bridgehead atoms. The maximum Gasteiger partial charge on any atom is 0.0895 e. The van der Waals surface area contributed by atoms with Crippen molar-refractivity contribution in [3.05, 3.63) is 0 Å². The van der Waals surface area contributed by atoms with Crippen molar-refractivity contribution < 1.29 is 10.2 Å². The van der Waals surface area contributed by atoms with Gasteiger partial charge in [-0.25, -0.2) is 0 Å². The van der Waals surface area contributed by atoms with Crippen molar-refractivity contribution in [1.82, 2.24) is 5.32 Å². The van der Waals surface area contributed by atoms with E-state index in [0.717, 1.165) is 6.42 Å². The molecule has 0 heterocycles. The van der Waals surface area contributed by atoms with Gasteiger partial charge in [-0.1, -0.05) is 6.92 Å². The highest BCUT2D eigenvalue weighted by Gasteiger charge is 2.34. The van der Waals surface area contributed by atoms with Crippen LogP contribution in [0.15, 0.2) is 0 Å². The Labute approximate surface area is 73.8 Å². The highest BCUT2D eigenvalue weighted by Crippen LogP contribution is 2.34. The molecule has 1 atom stereocenters. The number of aliphatic hydroxyl groups excluding tert-OH is 2. The number of hydrogen-bond donors (Lipinski definition) is 3. The van der Waals surface area contributed by atoms with Crippen LogP contribution in [0.3, 0.4) is 0 Å². The molecule has 12 heavy (non-hydrogen) atoms. The van der Waals surface area contributed by atoms with Crippen molar-refractivity contribution in [2.24, 2.45) is 0 Å². The Hall–Kier alpha value is -0.120. The van der Waals surface area contributed by atoms with Crippen molar-refractivity contribution in [3.63, 3.8) is 0 Å². The smallest absolute Gasteiger partial charge is 0.0895 e. The van der Waals surface area contributed by atoms with Gasteiger partial charge >= 0.3 is 0 Å². The minimum absolute atomic E-state index is 0.146. The summed E-state index contributed by atoms with van der Waals surface area (Å²) in [5.74, 6) is 0. The molecule has 1 aliphatic carbocycles. The van der Waals surface area contributed by atoms with Crippen molar-refractivity contribution in [1.29, 1.82) is 0 Å². The van der Waals surface area contributed by atoms with E-state index in [1.807, 2.05) is 0 Å². The van der Waals surface area contributed by atoms with Crippen molar-refractivity contribution in [2.75, 3.05) is 13.2 Å². The molecule has 1 rings (SSSR count). The molecule has 0 amide bonds. The monoisotopic (exact) mass is 173 g/mol. The minimum atomic E-state index is -0.603. The Kier molecular flexibility index (Phi) is 3.50. The predicted octanol–water partition coefficient (Wildman–Crippen LogP) is 0.262. The van der Waals surface area contributed by atoms with Crippen molar-refractivity contribution >= 4 is 0 Å². The summed E-state index contributed by atoms with van der Waals surface area (Å²) in [6, 6.07) is 0. The van der Waals surface area contributed by atoms with Gasteiger partial charge in [-0.15, -0.1) is 0 Å². The van der Waals surface area contributed by atoms with Gasteiger partial charge < -0.3 is 15.5 Å². The van der Waals surface area contributed by atoms with Crippen LogP contribution in [0.5, 0.6) is 0 Å². The van der Waals surface area contributed by atoms with Crippen LogP contribution in [-0.2, 0) is 0 Å². The van der Waals surface area contributed by atoms with Gasteiger partial charge in [0, 0.05) is 12.1 Å². The van der Waals surface area contributed by atoms with Crippen LogP contribution in [0, 0.1) is 0 Å². The summed E-state index contributed by atoms with van der Waals surface area (Å²) in [7, 11) is 0. The molecule has 0 aromatic carbocycles. The summed E-state index contributed by atoms with van der Waals surface area (Å²) in [5.41, 5.74) is 0.274. The number of β-amino-alcohol motifs (C(OH)–C–C–N with tert-alkyl or cyclic N) is 1. The summed E-state index contributed by atoms with van der Waals surface area (Å²) in [6.45, 7) is 2.54. The van der Waals surface area contributed by atoms with Crippen LogP contribution in [0.25, 0.3) is 0 Å². The first kappa shape index (κ1) is 9.96. The molecule has 0 aromatic heterocycles. The Bertz CT molecular complexity index is 129. The zero-order chi connectivity index (χ0) is 9.03. The second kappa shape index (κ2) is 4.21. The third-order valence-electron chi connectivity index (χ3n) is 2.91. The van der Waals surface area contributed by atoms with Gasteiger partial charge in [0.05, 0.1) is 12.7 Å². The SMILES string of the molecule is CCC1(NCC(O)CO)CCC1. The van der Waals surface area contributed by atoms with E-state index in [1.54, 1.807) is 0 Å². The van der Waals surface area contributed by atoms with Gasteiger partial charge in [-0.3, -0.25) is 0 Å². The van der Waals surface area contributed by atoms with Crippen LogP contribution in [-0.4, -0.2) is 35.0 Å². The summed E-state index contributed by atoms with van der Waals surface area (Å²) in [5, 5.41) is 21.1. The Balaban J connectivity index is 2.20. The molecule has 0 spiro atoms. The second-order valence-corrected chi connectivity index (χ2v) is 3.70. The van der Waals surface area contributed by atoms with E-state index in [2.05, 4.69) is 12.2 Å². The molecule has 72 valence electrons. The number of aliphatic hydroxyl groups is 2. The Morgan fingerprint density at radius 2 is 2.17 bits per heavy atom. The Morgan fingerprint density at radius 1 is 1.50 bits per heavy atom. The lowest BCUT2D eigenvalue weighted by atomic mass is 9.75. The molecule has 0 aromatic rings. The third-order valence-corrected chi connectivity index (χ3v) is 2.91. The average molecular weight is 173 g/mol. The molecule has 1 fully saturated rings. The van der Waals surface area contributed by atoms with Crippen LogP contribution >= 0.6 is 0 Å². The molecule has 1 unspecified atom stereocenters. The molecular weight excluding hydrogens is 154 g/mol. The molecule has 0 saturated heterocycles. The van der Waals surface area contributed by atoms with E-state index in [-0.39, 0.29) is 12.1 Å². The van der Waals surface area contributed by atoms with E-state index < -0.39 is 6.10 Å². The normalized spacial score (nSPS) is 23.2. The number of rotatable bonds is 5. The van der Waals surface area contributed by atoms with Crippen LogP contribution in [0.1, 0.15) is 32.6 Å². The quantitative estimate of drug-likeness (QED) is 0.559. The van der Waals surface area contributed by atoms with E-state index in [0.29, 0.717) is 6.54 Å². The van der Waals surface area contributed by atoms with E-state index in [9.17, 15) is 0 Å². The van der Waals surface area contributed by atoms with Gasteiger partial charge in [0.25, 0.3) is 0 Å². The number of hydrogen-bond acceptors (Lipinski definition) is 3. The summed E-state index contributed by atoms with van der Waals surface area (Å²) >= 11 is 0. The van der Waals surface area contributed by atoms with Crippen LogP contribution < -0.4 is 5.32 Å². The average Bonchev–Trinajstić information content (AvgIpc) is 2.03. The van der Waals surface area contributed by atoms with E-state index >= 15 is 0 Å². The lowest BCUT2D eigenvalue weighted by Crippen LogP contribution is -2.53. The third kappa shape index (κ3) is 2.19. The molecule has 0 aliphatic heterocycles. The standard InChI is InChI=1S/C9H19NO2/c1-2-9(4-3-5-9)10-6-8(12)7-11/h8,10-12H,2-7H2,1H3. The van der Waals surface area contributed by atoms with Gasteiger partial charge in [-0.05, 0) is 25.7 Å². The zero-order valence-corrected chi connectivity index (χ0v) is 7.71. The summed E-state index contributed by atoms with van der Waals surface area (Å²) in [4.78, 5) is 0. The molecular formula is C9H19NO2. The molecule has 3 nitrogen and oxygen atoms in total. The zero-order valence-electron chi connectivity index (χ0n) is 7.71. The molecule has 3 N–H and O–H groups in total. The summed E-state index contributed by atoms with van der Waals surface area (Å²) < 4.78 is 0. The maximum absolute atomic E-state index is 9.12. The fourth-order valence-electron chi connectivity index (χ4n) is 1.66.